The number of fused-ring (bicyclic) bond motifs is 1. The topological polar surface area (TPSA) is 65.2 Å². The molecular weight excluding hydrogens is 284 g/mol. The summed E-state index contributed by atoms with van der Waals surface area (Å²) in [7, 11) is 1.57. The van der Waals surface area contributed by atoms with Gasteiger partial charge in [-0.2, -0.15) is 0 Å². The Morgan fingerprint density at radius 2 is 2.10 bits per heavy atom. The Morgan fingerprint density at radius 1 is 1.29 bits per heavy atom. The zero-order chi connectivity index (χ0) is 14.8. The summed E-state index contributed by atoms with van der Waals surface area (Å²) < 4.78 is 6.17. The number of nitrogens with two attached hydrogens (primary N) is 1. The number of hydrogen-bond donors (Lipinski definition) is 1. The molecule has 0 aliphatic carbocycles. The molecule has 2 N–H and O–H groups in total. The molecule has 0 aliphatic rings. The van der Waals surface area contributed by atoms with Crippen molar-refractivity contribution in [1.29, 1.82) is 0 Å². The second-order valence-electron chi connectivity index (χ2n) is 4.63. The van der Waals surface area contributed by atoms with Crippen LogP contribution in [0.4, 0.5) is 5.69 Å². The van der Waals surface area contributed by atoms with E-state index in [0.717, 1.165) is 15.2 Å². The first-order valence-corrected chi connectivity index (χ1v) is 7.30. The first kappa shape index (κ1) is 13.6. The van der Waals surface area contributed by atoms with Crippen LogP contribution in [0.15, 0.2) is 42.5 Å². The predicted molar refractivity (Wildman–Crippen MR) is 85.1 cm³/mol. The van der Waals surface area contributed by atoms with Gasteiger partial charge in [0.1, 0.15) is 10.8 Å². The van der Waals surface area contributed by atoms with Crippen LogP contribution in [0, 0.1) is 0 Å². The summed E-state index contributed by atoms with van der Waals surface area (Å²) in [5, 5.41) is 0.802. The monoisotopic (exact) mass is 298 g/mol. The molecule has 3 aromatic rings. The number of methoxy groups -OCH3 is 1. The van der Waals surface area contributed by atoms with Gasteiger partial charge in [0, 0.05) is 17.3 Å². The molecule has 0 amide bonds. The number of para-hydroxylation sites is 1. The van der Waals surface area contributed by atoms with Crippen molar-refractivity contribution in [2.24, 2.45) is 0 Å². The van der Waals surface area contributed by atoms with E-state index in [1.807, 2.05) is 24.3 Å². The number of anilines is 1. The van der Waals surface area contributed by atoms with Gasteiger partial charge >= 0.3 is 0 Å². The maximum atomic E-state index is 12.4. The Kier molecular flexibility index (Phi) is 3.58. The molecule has 5 heteroatoms. The van der Waals surface area contributed by atoms with Crippen LogP contribution in [-0.4, -0.2) is 17.9 Å². The zero-order valence-corrected chi connectivity index (χ0v) is 12.3. The number of ether oxygens (including phenoxy) is 1. The van der Waals surface area contributed by atoms with Crippen LogP contribution in [0.25, 0.3) is 10.2 Å². The number of nitrogen functional groups attached to an aromatic ring is 1. The maximum absolute atomic E-state index is 12.4. The molecular formula is C16H14N2O2S. The number of benzene rings is 2. The highest BCUT2D eigenvalue weighted by Crippen LogP contribution is 2.25. The van der Waals surface area contributed by atoms with Gasteiger partial charge in [-0.15, -0.1) is 11.3 Å². The molecule has 106 valence electrons. The number of nitrogens with zero attached hydrogens (tertiary/aromatic N) is 1. The highest BCUT2D eigenvalue weighted by molar-refractivity contribution is 7.18. The van der Waals surface area contributed by atoms with Crippen LogP contribution in [0.1, 0.15) is 15.4 Å². The first-order valence-electron chi connectivity index (χ1n) is 6.48. The third-order valence-electron chi connectivity index (χ3n) is 3.21. The smallest absolute Gasteiger partial charge is 0.171 e. The number of Topliss-reactive ketones (excluding diaryl/α,β-unsaturated/α-hetero) is 1. The second-order valence-corrected chi connectivity index (χ2v) is 5.74. The molecule has 0 saturated heterocycles. The first-order chi connectivity index (χ1) is 10.2. The van der Waals surface area contributed by atoms with Gasteiger partial charge in [-0.25, -0.2) is 4.98 Å². The lowest BCUT2D eigenvalue weighted by Gasteiger charge is -2.06. The summed E-state index contributed by atoms with van der Waals surface area (Å²) in [5.41, 5.74) is 7.77. The fraction of sp³-hybridized carbons (Fsp3) is 0.125. The Labute approximate surface area is 126 Å². The summed E-state index contributed by atoms with van der Waals surface area (Å²) in [6.07, 6.45) is 0.260. The number of rotatable bonds is 4. The van der Waals surface area contributed by atoms with Crippen LogP contribution in [0.5, 0.6) is 5.75 Å². The van der Waals surface area contributed by atoms with E-state index >= 15 is 0 Å². The Hall–Kier alpha value is -2.40. The van der Waals surface area contributed by atoms with Gasteiger partial charge in [0.25, 0.3) is 0 Å². The Bertz CT molecular complexity index is 778. The zero-order valence-electron chi connectivity index (χ0n) is 11.5. The summed E-state index contributed by atoms with van der Waals surface area (Å²) in [4.78, 5) is 16.8. The molecule has 1 heterocycles. The third kappa shape index (κ3) is 2.73. The summed E-state index contributed by atoms with van der Waals surface area (Å²) in [6, 6.07) is 12.9. The van der Waals surface area contributed by atoms with Gasteiger partial charge in [-0.05, 0) is 24.3 Å². The van der Waals surface area contributed by atoms with Gasteiger partial charge in [0.15, 0.2) is 5.78 Å². The molecule has 0 saturated carbocycles. The van der Waals surface area contributed by atoms with E-state index in [-0.39, 0.29) is 12.2 Å². The van der Waals surface area contributed by atoms with E-state index in [1.165, 1.54) is 11.3 Å². The molecule has 0 fully saturated rings. The minimum Gasteiger partial charge on any atom is -0.497 e. The lowest BCUT2D eigenvalue weighted by atomic mass is 10.1. The molecule has 2 aromatic carbocycles. The molecule has 0 atom stereocenters. The van der Waals surface area contributed by atoms with Crippen LogP contribution < -0.4 is 10.5 Å². The third-order valence-corrected chi connectivity index (χ3v) is 4.25. The van der Waals surface area contributed by atoms with Gasteiger partial charge in [-0.1, -0.05) is 12.1 Å². The molecule has 0 radical (unpaired) electrons. The fourth-order valence-corrected chi connectivity index (χ4v) is 3.12. The quantitative estimate of drug-likeness (QED) is 0.593. The lowest BCUT2D eigenvalue weighted by Crippen LogP contribution is -2.07. The van der Waals surface area contributed by atoms with Gasteiger partial charge in [-0.3, -0.25) is 4.79 Å². The normalized spacial score (nSPS) is 10.7. The van der Waals surface area contributed by atoms with E-state index < -0.39 is 0 Å². The highest BCUT2D eigenvalue weighted by atomic mass is 32.1. The van der Waals surface area contributed by atoms with Crippen molar-refractivity contribution in [3.05, 3.63) is 53.0 Å². The molecule has 0 unspecified atom stereocenters. The molecule has 4 nitrogen and oxygen atoms in total. The Balaban J connectivity index is 1.85. The van der Waals surface area contributed by atoms with Gasteiger partial charge in [0.05, 0.1) is 23.7 Å². The summed E-state index contributed by atoms with van der Waals surface area (Å²) in [6.45, 7) is 0. The van der Waals surface area contributed by atoms with Crippen LogP contribution in [-0.2, 0) is 6.42 Å². The van der Waals surface area contributed by atoms with Gasteiger partial charge in [0.2, 0.25) is 0 Å². The average Bonchev–Trinajstić information content (AvgIpc) is 2.88. The number of ketones is 1. The van der Waals surface area contributed by atoms with Crippen molar-refractivity contribution in [3.8, 4) is 5.75 Å². The van der Waals surface area contributed by atoms with Crippen molar-refractivity contribution < 1.29 is 9.53 Å². The summed E-state index contributed by atoms with van der Waals surface area (Å²) >= 11 is 1.54. The number of carbonyl (C=O) groups is 1. The largest absolute Gasteiger partial charge is 0.497 e. The molecule has 21 heavy (non-hydrogen) atoms. The minimum absolute atomic E-state index is 0.0331. The number of aromatic nitrogens is 1. The second kappa shape index (κ2) is 5.54. The lowest BCUT2D eigenvalue weighted by molar-refractivity contribution is 0.0994. The van der Waals surface area contributed by atoms with E-state index in [9.17, 15) is 4.79 Å². The van der Waals surface area contributed by atoms with E-state index in [0.29, 0.717) is 17.0 Å². The summed E-state index contributed by atoms with van der Waals surface area (Å²) in [5.74, 6) is 0.609. The van der Waals surface area contributed by atoms with Crippen molar-refractivity contribution in [2.75, 3.05) is 12.8 Å². The molecule has 0 aliphatic heterocycles. The number of thiazole rings is 1. The fourth-order valence-electron chi connectivity index (χ4n) is 2.15. The number of hydrogen-bond acceptors (Lipinski definition) is 5. The molecule has 1 aromatic heterocycles. The minimum atomic E-state index is -0.0331. The average molecular weight is 298 g/mol. The van der Waals surface area contributed by atoms with Crippen LogP contribution in [0.3, 0.4) is 0 Å². The van der Waals surface area contributed by atoms with E-state index in [1.54, 1.807) is 25.3 Å². The van der Waals surface area contributed by atoms with Crippen molar-refractivity contribution in [3.63, 3.8) is 0 Å². The van der Waals surface area contributed by atoms with Gasteiger partial charge < -0.3 is 10.5 Å². The molecule has 3 rings (SSSR count). The van der Waals surface area contributed by atoms with E-state index in [4.69, 9.17) is 10.5 Å². The van der Waals surface area contributed by atoms with Crippen molar-refractivity contribution in [1.82, 2.24) is 4.98 Å². The Morgan fingerprint density at radius 3 is 2.81 bits per heavy atom. The van der Waals surface area contributed by atoms with Crippen molar-refractivity contribution >= 4 is 33.0 Å². The maximum Gasteiger partial charge on any atom is 0.171 e. The molecule has 0 spiro atoms. The highest BCUT2D eigenvalue weighted by Gasteiger charge is 2.14. The predicted octanol–water partition coefficient (Wildman–Crippen LogP) is 3.31. The number of carbonyl (C=O) groups excluding carboxylic acids is 1. The van der Waals surface area contributed by atoms with Crippen LogP contribution >= 0.6 is 11.3 Å². The standard InChI is InChI=1S/C16H14N2O2S/c1-20-10-6-7-11(12(17)8-10)14(19)9-16-18-13-4-2-3-5-15(13)21-16/h2-8H,9,17H2,1H3. The molecule has 0 bridgehead atoms. The van der Waals surface area contributed by atoms with Crippen molar-refractivity contribution in [2.45, 2.75) is 6.42 Å². The van der Waals surface area contributed by atoms with Crippen LogP contribution in [0.2, 0.25) is 0 Å². The van der Waals surface area contributed by atoms with E-state index in [2.05, 4.69) is 4.98 Å². The SMILES string of the molecule is COc1ccc(C(=O)Cc2nc3ccccc3s2)c(N)c1.